The van der Waals surface area contributed by atoms with Crippen molar-refractivity contribution < 1.29 is 4.74 Å². The summed E-state index contributed by atoms with van der Waals surface area (Å²) in [6.45, 7) is 5.19. The zero-order chi connectivity index (χ0) is 15.8. The van der Waals surface area contributed by atoms with Crippen LogP contribution in [0, 0.1) is 6.92 Å². The maximum absolute atomic E-state index is 5.88. The molecule has 23 heavy (non-hydrogen) atoms. The average molecular weight is 425 g/mol. The van der Waals surface area contributed by atoms with E-state index in [4.69, 9.17) is 10.5 Å². The lowest BCUT2D eigenvalue weighted by molar-refractivity contribution is 0.328. The highest BCUT2D eigenvalue weighted by atomic mass is 127. The van der Waals surface area contributed by atoms with Crippen molar-refractivity contribution in [3.8, 4) is 5.75 Å². The fourth-order valence-corrected chi connectivity index (χ4v) is 2.02. The van der Waals surface area contributed by atoms with Crippen LogP contribution in [0.3, 0.4) is 0 Å². The fraction of sp³-hybridized carbons (Fsp3) is 0.278. The molecule has 124 valence electrons. The first-order valence-corrected chi connectivity index (χ1v) is 7.52. The first kappa shape index (κ1) is 19.3. The van der Waals surface area contributed by atoms with Gasteiger partial charge in [-0.15, -0.1) is 24.0 Å². The van der Waals surface area contributed by atoms with E-state index in [0.29, 0.717) is 19.1 Å². The van der Waals surface area contributed by atoms with Crippen molar-refractivity contribution in [1.82, 2.24) is 0 Å². The molecule has 3 N–H and O–H groups in total. The Balaban J connectivity index is 0.00000264. The summed E-state index contributed by atoms with van der Waals surface area (Å²) in [7, 11) is 0. The van der Waals surface area contributed by atoms with Crippen molar-refractivity contribution in [1.29, 1.82) is 0 Å². The van der Waals surface area contributed by atoms with E-state index in [0.717, 1.165) is 17.9 Å². The van der Waals surface area contributed by atoms with E-state index in [1.165, 1.54) is 11.1 Å². The zero-order valence-corrected chi connectivity index (χ0v) is 15.9. The Hall–Kier alpha value is -1.76. The molecular formula is C18H24IN3O. The number of benzene rings is 2. The minimum absolute atomic E-state index is 0. The zero-order valence-electron chi connectivity index (χ0n) is 13.6. The van der Waals surface area contributed by atoms with E-state index in [-0.39, 0.29) is 24.0 Å². The molecule has 0 radical (unpaired) electrons. The van der Waals surface area contributed by atoms with Crippen molar-refractivity contribution in [2.75, 3.05) is 18.5 Å². The lowest BCUT2D eigenvalue weighted by Crippen LogP contribution is -2.23. The highest BCUT2D eigenvalue weighted by molar-refractivity contribution is 14.0. The summed E-state index contributed by atoms with van der Waals surface area (Å²) in [5.74, 6) is 1.25. The quantitative estimate of drug-likeness (QED) is 0.319. The number of nitrogens with two attached hydrogens (primary N) is 1. The third-order valence-corrected chi connectivity index (χ3v) is 3.27. The summed E-state index contributed by atoms with van der Waals surface area (Å²) in [6.07, 6.45) is 0.997. The summed E-state index contributed by atoms with van der Waals surface area (Å²) >= 11 is 0. The highest BCUT2D eigenvalue weighted by Crippen LogP contribution is 2.11. The van der Waals surface area contributed by atoms with Crippen molar-refractivity contribution in [2.45, 2.75) is 20.3 Å². The van der Waals surface area contributed by atoms with Gasteiger partial charge >= 0.3 is 0 Å². The number of anilines is 1. The topological polar surface area (TPSA) is 59.6 Å². The average Bonchev–Trinajstić information content (AvgIpc) is 2.53. The number of aryl methyl sites for hydroxylation is 2. The number of guanidine groups is 1. The van der Waals surface area contributed by atoms with Crippen molar-refractivity contribution in [2.24, 2.45) is 10.7 Å². The van der Waals surface area contributed by atoms with Gasteiger partial charge in [0.05, 0.1) is 6.54 Å². The summed E-state index contributed by atoms with van der Waals surface area (Å²) in [6, 6.07) is 16.1. The van der Waals surface area contributed by atoms with Crippen LogP contribution in [0.1, 0.15) is 18.1 Å². The van der Waals surface area contributed by atoms with Crippen molar-refractivity contribution in [3.63, 3.8) is 0 Å². The monoisotopic (exact) mass is 425 g/mol. The van der Waals surface area contributed by atoms with Gasteiger partial charge in [-0.05, 0) is 43.2 Å². The van der Waals surface area contributed by atoms with E-state index in [9.17, 15) is 0 Å². The number of hydrogen-bond acceptors (Lipinski definition) is 2. The largest absolute Gasteiger partial charge is 0.492 e. The van der Waals surface area contributed by atoms with E-state index in [1.807, 2.05) is 43.3 Å². The van der Waals surface area contributed by atoms with Crippen LogP contribution in [0.5, 0.6) is 5.75 Å². The molecule has 0 saturated heterocycles. The molecule has 0 fully saturated rings. The number of nitrogens with one attached hydrogen (secondary N) is 1. The van der Waals surface area contributed by atoms with Gasteiger partial charge in [-0.3, -0.25) is 0 Å². The summed E-state index contributed by atoms with van der Waals surface area (Å²) in [5.41, 5.74) is 9.32. The Morgan fingerprint density at radius 3 is 2.61 bits per heavy atom. The molecule has 0 bridgehead atoms. The lowest BCUT2D eigenvalue weighted by atomic mass is 10.1. The molecule has 0 spiro atoms. The molecule has 0 aliphatic heterocycles. The number of halogens is 1. The second-order valence-electron chi connectivity index (χ2n) is 5.11. The SMILES string of the molecule is CCc1cccc(NC(N)=NCCOc2ccc(C)cc2)c1.I. The van der Waals surface area contributed by atoms with Gasteiger partial charge in [-0.2, -0.15) is 0 Å². The molecule has 0 aromatic heterocycles. The second-order valence-corrected chi connectivity index (χ2v) is 5.11. The maximum Gasteiger partial charge on any atom is 0.193 e. The Kier molecular flexibility index (Phi) is 8.47. The third-order valence-electron chi connectivity index (χ3n) is 3.27. The van der Waals surface area contributed by atoms with Gasteiger partial charge in [0, 0.05) is 5.69 Å². The lowest BCUT2D eigenvalue weighted by Gasteiger charge is -2.08. The van der Waals surface area contributed by atoms with Crippen LogP contribution < -0.4 is 15.8 Å². The summed E-state index contributed by atoms with van der Waals surface area (Å²) in [5, 5.41) is 3.09. The van der Waals surface area contributed by atoms with Gasteiger partial charge < -0.3 is 15.8 Å². The van der Waals surface area contributed by atoms with Crippen LogP contribution >= 0.6 is 24.0 Å². The molecule has 4 nitrogen and oxygen atoms in total. The Morgan fingerprint density at radius 1 is 1.17 bits per heavy atom. The molecule has 0 atom stereocenters. The summed E-state index contributed by atoms with van der Waals surface area (Å²) in [4.78, 5) is 4.27. The Morgan fingerprint density at radius 2 is 1.91 bits per heavy atom. The van der Waals surface area contributed by atoms with Crippen LogP contribution in [0.25, 0.3) is 0 Å². The van der Waals surface area contributed by atoms with E-state index >= 15 is 0 Å². The molecule has 2 aromatic rings. The molecular weight excluding hydrogens is 401 g/mol. The molecule has 0 saturated carbocycles. The maximum atomic E-state index is 5.88. The smallest absolute Gasteiger partial charge is 0.193 e. The molecule has 2 aromatic carbocycles. The van der Waals surface area contributed by atoms with Crippen LogP contribution in [-0.2, 0) is 6.42 Å². The number of ether oxygens (including phenoxy) is 1. The van der Waals surface area contributed by atoms with Crippen LogP contribution in [-0.4, -0.2) is 19.1 Å². The molecule has 0 aliphatic rings. The number of aliphatic imine (C=N–C) groups is 1. The third kappa shape index (κ3) is 6.90. The van der Waals surface area contributed by atoms with E-state index in [2.05, 4.69) is 29.4 Å². The minimum Gasteiger partial charge on any atom is -0.492 e. The molecule has 0 heterocycles. The van der Waals surface area contributed by atoms with Crippen LogP contribution in [0.4, 0.5) is 5.69 Å². The standard InChI is InChI=1S/C18H23N3O.HI/c1-3-15-5-4-6-16(13-15)21-18(19)20-11-12-22-17-9-7-14(2)8-10-17;/h4-10,13H,3,11-12H2,1-2H3,(H3,19,20,21);1H. The van der Waals surface area contributed by atoms with E-state index in [1.54, 1.807) is 0 Å². The van der Waals surface area contributed by atoms with Gasteiger partial charge in [0.15, 0.2) is 5.96 Å². The van der Waals surface area contributed by atoms with Crippen LogP contribution in [0.2, 0.25) is 0 Å². The predicted octanol–water partition coefficient (Wildman–Crippen LogP) is 3.98. The van der Waals surface area contributed by atoms with E-state index < -0.39 is 0 Å². The molecule has 0 aliphatic carbocycles. The van der Waals surface area contributed by atoms with Gasteiger partial charge in [-0.1, -0.05) is 36.8 Å². The Labute approximate surface area is 155 Å². The van der Waals surface area contributed by atoms with Crippen molar-refractivity contribution >= 4 is 35.6 Å². The normalized spacial score (nSPS) is 10.8. The molecule has 0 amide bonds. The van der Waals surface area contributed by atoms with Crippen molar-refractivity contribution in [3.05, 3.63) is 59.7 Å². The minimum atomic E-state index is 0. The number of hydrogen-bond donors (Lipinski definition) is 2. The van der Waals surface area contributed by atoms with Crippen LogP contribution in [0.15, 0.2) is 53.5 Å². The number of rotatable bonds is 6. The molecule has 0 unspecified atom stereocenters. The summed E-state index contributed by atoms with van der Waals surface area (Å²) < 4.78 is 5.61. The highest BCUT2D eigenvalue weighted by Gasteiger charge is 1.97. The second kappa shape index (κ2) is 10.1. The molecule has 5 heteroatoms. The van der Waals surface area contributed by atoms with Gasteiger partial charge in [0.25, 0.3) is 0 Å². The predicted molar refractivity (Wildman–Crippen MR) is 108 cm³/mol. The van der Waals surface area contributed by atoms with Gasteiger partial charge in [0.1, 0.15) is 12.4 Å². The van der Waals surface area contributed by atoms with Gasteiger partial charge in [-0.25, -0.2) is 4.99 Å². The Bertz CT molecular complexity index is 626. The first-order valence-electron chi connectivity index (χ1n) is 7.52. The van der Waals surface area contributed by atoms with Gasteiger partial charge in [0.2, 0.25) is 0 Å². The first-order chi connectivity index (χ1) is 10.7. The number of nitrogens with zero attached hydrogens (tertiary/aromatic N) is 1. The molecule has 2 rings (SSSR count). The fourth-order valence-electron chi connectivity index (χ4n) is 2.02.